The zero-order chi connectivity index (χ0) is 17.6. The second-order valence-corrected chi connectivity index (χ2v) is 6.69. The molecule has 4 heteroatoms. The van der Waals surface area contributed by atoms with Crippen molar-refractivity contribution in [1.29, 1.82) is 0 Å². The van der Waals surface area contributed by atoms with Gasteiger partial charge in [0.25, 0.3) is 0 Å². The van der Waals surface area contributed by atoms with E-state index in [4.69, 9.17) is 9.47 Å². The number of likely N-dealkylation sites (tertiary alicyclic amines) is 1. The number of hydrogen-bond acceptors (Lipinski definition) is 4. The summed E-state index contributed by atoms with van der Waals surface area (Å²) >= 11 is 0. The highest BCUT2D eigenvalue weighted by Crippen LogP contribution is 2.35. The Bertz CT molecular complexity index is 680. The van der Waals surface area contributed by atoms with Gasteiger partial charge in [0.2, 0.25) is 0 Å². The molecular formula is C21H28N2O2. The lowest BCUT2D eigenvalue weighted by atomic mass is 9.97. The van der Waals surface area contributed by atoms with E-state index in [-0.39, 0.29) is 0 Å². The number of rotatable bonds is 6. The summed E-state index contributed by atoms with van der Waals surface area (Å²) in [7, 11) is 5.56. The highest BCUT2D eigenvalue weighted by molar-refractivity contribution is 5.71. The third kappa shape index (κ3) is 4.33. The molecule has 1 aliphatic heterocycles. The average Bonchev–Trinajstić information content (AvgIpc) is 2.67. The molecule has 0 saturated carbocycles. The molecule has 3 rings (SSSR count). The molecule has 0 radical (unpaired) electrons. The number of hydrogen-bond donors (Lipinski definition) is 1. The summed E-state index contributed by atoms with van der Waals surface area (Å²) in [6.45, 7) is 3.16. The van der Waals surface area contributed by atoms with Crippen molar-refractivity contribution in [2.75, 3.05) is 34.4 Å². The van der Waals surface area contributed by atoms with Crippen LogP contribution < -0.4 is 14.8 Å². The molecule has 1 fully saturated rings. The normalized spacial score (nSPS) is 16.0. The number of benzene rings is 2. The van der Waals surface area contributed by atoms with Crippen LogP contribution in [0.1, 0.15) is 18.4 Å². The van der Waals surface area contributed by atoms with Crippen molar-refractivity contribution >= 4 is 0 Å². The molecular weight excluding hydrogens is 312 g/mol. The maximum atomic E-state index is 5.51. The van der Waals surface area contributed by atoms with E-state index in [9.17, 15) is 0 Å². The lowest BCUT2D eigenvalue weighted by molar-refractivity contribution is 0.234. The van der Waals surface area contributed by atoms with Crippen LogP contribution in [0.4, 0.5) is 0 Å². The molecule has 1 saturated heterocycles. The molecule has 134 valence electrons. The summed E-state index contributed by atoms with van der Waals surface area (Å²) < 4.78 is 11.0. The van der Waals surface area contributed by atoms with Crippen LogP contribution in [0.15, 0.2) is 42.5 Å². The van der Waals surface area contributed by atoms with Gasteiger partial charge in [-0.25, -0.2) is 0 Å². The van der Waals surface area contributed by atoms with E-state index in [1.54, 1.807) is 14.2 Å². The minimum absolute atomic E-state index is 0.577. The molecule has 0 unspecified atom stereocenters. The third-order valence-electron chi connectivity index (χ3n) is 4.99. The summed E-state index contributed by atoms with van der Waals surface area (Å²) in [5, 5.41) is 3.73. The molecule has 0 amide bonds. The van der Waals surface area contributed by atoms with E-state index < -0.39 is 0 Å². The first-order valence-corrected chi connectivity index (χ1v) is 8.93. The summed E-state index contributed by atoms with van der Waals surface area (Å²) in [4.78, 5) is 2.39. The molecule has 25 heavy (non-hydrogen) atoms. The SMILES string of the molecule is COc1cc(CNC2CCN(C)CC2)c(-c2ccccc2)cc1OC. The van der Waals surface area contributed by atoms with Gasteiger partial charge in [0.15, 0.2) is 11.5 Å². The van der Waals surface area contributed by atoms with Gasteiger partial charge < -0.3 is 19.7 Å². The molecule has 1 aliphatic rings. The van der Waals surface area contributed by atoms with Crippen molar-refractivity contribution in [1.82, 2.24) is 10.2 Å². The fraction of sp³-hybridized carbons (Fsp3) is 0.429. The zero-order valence-electron chi connectivity index (χ0n) is 15.4. The van der Waals surface area contributed by atoms with Crippen LogP contribution in [0.25, 0.3) is 11.1 Å². The van der Waals surface area contributed by atoms with Gasteiger partial charge in [-0.1, -0.05) is 30.3 Å². The van der Waals surface area contributed by atoms with Gasteiger partial charge in [0.05, 0.1) is 14.2 Å². The summed E-state index contributed by atoms with van der Waals surface area (Å²) in [5.74, 6) is 1.55. The molecule has 0 aliphatic carbocycles. The predicted molar refractivity (Wildman–Crippen MR) is 102 cm³/mol. The predicted octanol–water partition coefficient (Wildman–Crippen LogP) is 3.55. The topological polar surface area (TPSA) is 33.7 Å². The van der Waals surface area contributed by atoms with Gasteiger partial charge in [-0.2, -0.15) is 0 Å². The molecule has 2 aromatic carbocycles. The minimum Gasteiger partial charge on any atom is -0.493 e. The number of nitrogens with one attached hydrogen (secondary N) is 1. The molecule has 0 bridgehead atoms. The fourth-order valence-electron chi connectivity index (χ4n) is 3.42. The van der Waals surface area contributed by atoms with Gasteiger partial charge in [-0.05, 0) is 61.8 Å². The van der Waals surface area contributed by atoms with Gasteiger partial charge in [0.1, 0.15) is 0 Å². The molecule has 0 aromatic heterocycles. The molecule has 4 nitrogen and oxygen atoms in total. The summed E-state index contributed by atoms with van der Waals surface area (Å²) in [6, 6.07) is 15.2. The molecule has 2 aromatic rings. The van der Waals surface area contributed by atoms with Gasteiger partial charge in [-0.3, -0.25) is 0 Å². The van der Waals surface area contributed by atoms with Crippen LogP contribution in [0.5, 0.6) is 11.5 Å². The van der Waals surface area contributed by atoms with Crippen molar-refractivity contribution < 1.29 is 9.47 Å². The molecule has 1 heterocycles. The van der Waals surface area contributed by atoms with Crippen molar-refractivity contribution in [3.8, 4) is 22.6 Å². The van der Waals surface area contributed by atoms with E-state index in [2.05, 4.69) is 53.7 Å². The minimum atomic E-state index is 0.577. The Labute approximate surface area is 150 Å². The first-order valence-electron chi connectivity index (χ1n) is 8.93. The standard InChI is InChI=1S/C21H28N2O2/c1-23-11-9-18(10-12-23)22-15-17-13-20(24-2)21(25-3)14-19(17)16-7-5-4-6-8-16/h4-8,13-14,18,22H,9-12,15H2,1-3H3. The Hall–Kier alpha value is -2.04. The van der Waals surface area contributed by atoms with Crippen molar-refractivity contribution in [3.05, 3.63) is 48.0 Å². The monoisotopic (exact) mass is 340 g/mol. The van der Waals surface area contributed by atoms with Crippen LogP contribution in [0.2, 0.25) is 0 Å². The zero-order valence-corrected chi connectivity index (χ0v) is 15.4. The van der Waals surface area contributed by atoms with E-state index >= 15 is 0 Å². The second-order valence-electron chi connectivity index (χ2n) is 6.69. The summed E-state index contributed by atoms with van der Waals surface area (Å²) in [6.07, 6.45) is 2.40. The van der Waals surface area contributed by atoms with E-state index in [1.165, 1.54) is 29.5 Å². The number of piperidine rings is 1. The highest BCUT2D eigenvalue weighted by Gasteiger charge is 2.18. The van der Waals surface area contributed by atoms with E-state index in [0.717, 1.165) is 31.1 Å². The highest BCUT2D eigenvalue weighted by atomic mass is 16.5. The second kappa shape index (κ2) is 8.37. The van der Waals surface area contributed by atoms with Crippen LogP contribution >= 0.6 is 0 Å². The number of nitrogens with zero attached hydrogens (tertiary/aromatic N) is 1. The maximum absolute atomic E-state index is 5.51. The average molecular weight is 340 g/mol. The van der Waals surface area contributed by atoms with Crippen LogP contribution in [-0.4, -0.2) is 45.3 Å². The van der Waals surface area contributed by atoms with Crippen molar-refractivity contribution in [2.45, 2.75) is 25.4 Å². The molecule has 1 N–H and O–H groups in total. The Morgan fingerprint density at radius 1 is 1.00 bits per heavy atom. The lowest BCUT2D eigenvalue weighted by Gasteiger charge is -2.30. The fourth-order valence-corrected chi connectivity index (χ4v) is 3.42. The molecule has 0 spiro atoms. The van der Waals surface area contributed by atoms with Gasteiger partial charge >= 0.3 is 0 Å². The Morgan fingerprint density at radius 3 is 2.28 bits per heavy atom. The maximum Gasteiger partial charge on any atom is 0.161 e. The van der Waals surface area contributed by atoms with Crippen molar-refractivity contribution in [2.24, 2.45) is 0 Å². The Balaban J connectivity index is 1.85. The number of methoxy groups -OCH3 is 2. The quantitative estimate of drug-likeness (QED) is 0.872. The van der Waals surface area contributed by atoms with Crippen LogP contribution in [0, 0.1) is 0 Å². The van der Waals surface area contributed by atoms with Crippen molar-refractivity contribution in [3.63, 3.8) is 0 Å². The molecule has 0 atom stereocenters. The third-order valence-corrected chi connectivity index (χ3v) is 4.99. The lowest BCUT2D eigenvalue weighted by Crippen LogP contribution is -2.40. The van der Waals surface area contributed by atoms with E-state index in [0.29, 0.717) is 6.04 Å². The Kier molecular flexibility index (Phi) is 5.95. The largest absolute Gasteiger partial charge is 0.493 e. The first kappa shape index (κ1) is 17.8. The first-order chi connectivity index (χ1) is 12.2. The number of ether oxygens (including phenoxy) is 2. The van der Waals surface area contributed by atoms with E-state index in [1.807, 2.05) is 6.07 Å². The summed E-state index contributed by atoms with van der Waals surface area (Å²) in [5.41, 5.74) is 3.63. The van der Waals surface area contributed by atoms with Gasteiger partial charge in [-0.15, -0.1) is 0 Å². The van der Waals surface area contributed by atoms with Crippen LogP contribution in [-0.2, 0) is 6.54 Å². The van der Waals surface area contributed by atoms with Crippen LogP contribution in [0.3, 0.4) is 0 Å². The van der Waals surface area contributed by atoms with Gasteiger partial charge in [0, 0.05) is 12.6 Å². The smallest absolute Gasteiger partial charge is 0.161 e. The Morgan fingerprint density at radius 2 is 1.64 bits per heavy atom.